The van der Waals surface area contributed by atoms with Crippen molar-refractivity contribution in [2.45, 2.75) is 13.3 Å². The fourth-order valence-electron chi connectivity index (χ4n) is 1.72. The molecule has 0 aromatic carbocycles. The third-order valence-corrected chi connectivity index (χ3v) is 2.38. The lowest BCUT2D eigenvalue weighted by molar-refractivity contribution is 0.257. The monoisotopic (exact) mass is 169 g/mol. The van der Waals surface area contributed by atoms with E-state index < -0.39 is 0 Å². The largest absolute Gasteiger partial charge is 0.339 e. The molecule has 0 amide bonds. The first-order valence-electron chi connectivity index (χ1n) is 4.92. The number of likely N-dealkylation sites (N-methyl/N-ethyl adjacent to an activating group) is 1. The molecule has 1 aliphatic rings. The third kappa shape index (κ3) is 3.55. The standard InChI is InChI=1S/C10H21N2/c1-10(2)9-12-6-4-5-11(3)7-8-12/h10H,1,4-9H2,2-3H3/q-1. The van der Waals surface area contributed by atoms with E-state index in [0.29, 0.717) is 5.92 Å². The number of hydrogen-bond donors (Lipinski definition) is 0. The maximum absolute atomic E-state index is 4.03. The summed E-state index contributed by atoms with van der Waals surface area (Å²) in [6, 6.07) is 0. The van der Waals surface area contributed by atoms with Gasteiger partial charge >= 0.3 is 0 Å². The van der Waals surface area contributed by atoms with E-state index in [2.05, 4.69) is 30.7 Å². The van der Waals surface area contributed by atoms with Gasteiger partial charge in [0.2, 0.25) is 0 Å². The molecule has 0 saturated carbocycles. The van der Waals surface area contributed by atoms with Crippen LogP contribution in [0.25, 0.3) is 0 Å². The predicted molar refractivity (Wildman–Crippen MR) is 53.1 cm³/mol. The van der Waals surface area contributed by atoms with E-state index in [0.717, 1.165) is 6.54 Å². The van der Waals surface area contributed by atoms with Crippen molar-refractivity contribution in [1.82, 2.24) is 9.80 Å². The molecule has 0 aromatic heterocycles. The Morgan fingerprint density at radius 3 is 2.67 bits per heavy atom. The van der Waals surface area contributed by atoms with Crippen molar-refractivity contribution in [3.05, 3.63) is 6.92 Å². The molecule has 72 valence electrons. The Hall–Kier alpha value is -0.0800. The molecule has 1 rings (SSSR count). The zero-order valence-corrected chi connectivity index (χ0v) is 8.42. The van der Waals surface area contributed by atoms with Crippen molar-refractivity contribution in [3.8, 4) is 0 Å². The lowest BCUT2D eigenvalue weighted by Gasteiger charge is -2.24. The Kier molecular flexibility index (Phi) is 4.02. The molecule has 12 heavy (non-hydrogen) atoms. The topological polar surface area (TPSA) is 6.48 Å². The Labute approximate surface area is 76.5 Å². The first-order chi connectivity index (χ1) is 5.68. The van der Waals surface area contributed by atoms with E-state index in [1.807, 2.05) is 0 Å². The summed E-state index contributed by atoms with van der Waals surface area (Å²) < 4.78 is 0. The minimum Gasteiger partial charge on any atom is -0.339 e. The van der Waals surface area contributed by atoms with Crippen LogP contribution in [0.4, 0.5) is 0 Å². The molecular formula is C10H21N2-. The Balaban J connectivity index is 2.26. The summed E-state index contributed by atoms with van der Waals surface area (Å²) >= 11 is 0. The van der Waals surface area contributed by atoms with Gasteiger partial charge in [-0.05, 0) is 33.1 Å². The summed E-state index contributed by atoms with van der Waals surface area (Å²) in [5.41, 5.74) is 0. The first kappa shape index (κ1) is 10.0. The van der Waals surface area contributed by atoms with Crippen LogP contribution in [-0.4, -0.2) is 49.6 Å². The van der Waals surface area contributed by atoms with Crippen LogP contribution >= 0.6 is 0 Å². The molecule has 0 radical (unpaired) electrons. The van der Waals surface area contributed by atoms with Gasteiger partial charge in [-0.1, -0.05) is 6.92 Å². The molecule has 0 aliphatic carbocycles. The molecule has 0 aromatic rings. The quantitative estimate of drug-likeness (QED) is 0.571. The molecular weight excluding hydrogens is 148 g/mol. The summed E-state index contributed by atoms with van der Waals surface area (Å²) in [6.45, 7) is 12.3. The van der Waals surface area contributed by atoms with Gasteiger partial charge in [0, 0.05) is 13.1 Å². The van der Waals surface area contributed by atoms with E-state index in [1.165, 1.54) is 32.6 Å². The highest BCUT2D eigenvalue weighted by Crippen LogP contribution is 2.03. The van der Waals surface area contributed by atoms with Gasteiger partial charge in [0.15, 0.2) is 0 Å². The van der Waals surface area contributed by atoms with Crippen molar-refractivity contribution in [3.63, 3.8) is 0 Å². The minimum absolute atomic E-state index is 0.563. The van der Waals surface area contributed by atoms with Crippen LogP contribution in [0.5, 0.6) is 0 Å². The summed E-state index contributed by atoms with van der Waals surface area (Å²) in [7, 11) is 2.21. The van der Waals surface area contributed by atoms with Crippen molar-refractivity contribution in [2.75, 3.05) is 39.8 Å². The van der Waals surface area contributed by atoms with Gasteiger partial charge in [0.05, 0.1) is 0 Å². The number of rotatable bonds is 2. The van der Waals surface area contributed by atoms with E-state index in [-0.39, 0.29) is 0 Å². The second kappa shape index (κ2) is 4.83. The van der Waals surface area contributed by atoms with Gasteiger partial charge in [-0.3, -0.25) is 0 Å². The highest BCUT2D eigenvalue weighted by atomic mass is 15.2. The van der Waals surface area contributed by atoms with E-state index in [9.17, 15) is 0 Å². The van der Waals surface area contributed by atoms with Gasteiger partial charge in [-0.15, -0.1) is 0 Å². The fourth-order valence-corrected chi connectivity index (χ4v) is 1.72. The number of hydrogen-bond acceptors (Lipinski definition) is 2. The molecule has 1 saturated heterocycles. The van der Waals surface area contributed by atoms with Gasteiger partial charge in [-0.2, -0.15) is 5.92 Å². The second-order valence-corrected chi connectivity index (χ2v) is 4.06. The van der Waals surface area contributed by atoms with E-state index in [4.69, 9.17) is 0 Å². The van der Waals surface area contributed by atoms with Crippen LogP contribution in [0.1, 0.15) is 13.3 Å². The molecule has 1 aliphatic heterocycles. The average molecular weight is 169 g/mol. The van der Waals surface area contributed by atoms with Crippen LogP contribution in [0.2, 0.25) is 0 Å². The van der Waals surface area contributed by atoms with Crippen LogP contribution in [0, 0.1) is 12.8 Å². The molecule has 1 unspecified atom stereocenters. The maximum atomic E-state index is 4.03. The molecule has 1 atom stereocenters. The molecule has 1 fully saturated rings. The van der Waals surface area contributed by atoms with E-state index in [1.54, 1.807) is 0 Å². The van der Waals surface area contributed by atoms with Crippen molar-refractivity contribution in [2.24, 2.45) is 5.92 Å². The average Bonchev–Trinajstić information content (AvgIpc) is 2.15. The maximum Gasteiger partial charge on any atom is 0.0108 e. The Bertz CT molecular complexity index is 123. The lowest BCUT2D eigenvalue weighted by atomic mass is 10.2. The zero-order valence-electron chi connectivity index (χ0n) is 8.42. The predicted octanol–water partition coefficient (Wildman–Crippen LogP) is 1.09. The van der Waals surface area contributed by atoms with Crippen LogP contribution in [-0.2, 0) is 0 Å². The number of nitrogens with zero attached hydrogens (tertiary/aromatic N) is 2. The van der Waals surface area contributed by atoms with Gasteiger partial charge in [-0.25, -0.2) is 0 Å². The summed E-state index contributed by atoms with van der Waals surface area (Å²) in [5.74, 6) is 0.563. The highest BCUT2D eigenvalue weighted by molar-refractivity contribution is 4.69. The zero-order chi connectivity index (χ0) is 8.97. The van der Waals surface area contributed by atoms with Crippen LogP contribution in [0.3, 0.4) is 0 Å². The molecule has 2 heteroatoms. The second-order valence-electron chi connectivity index (χ2n) is 4.06. The third-order valence-electron chi connectivity index (χ3n) is 2.38. The van der Waals surface area contributed by atoms with Crippen LogP contribution in [0.15, 0.2) is 0 Å². The van der Waals surface area contributed by atoms with Crippen molar-refractivity contribution >= 4 is 0 Å². The molecule has 0 bridgehead atoms. The van der Waals surface area contributed by atoms with Gasteiger partial charge in [0.1, 0.15) is 0 Å². The highest BCUT2D eigenvalue weighted by Gasteiger charge is 2.10. The Morgan fingerprint density at radius 1 is 1.25 bits per heavy atom. The first-order valence-corrected chi connectivity index (χ1v) is 4.92. The lowest BCUT2D eigenvalue weighted by Crippen LogP contribution is -2.31. The normalized spacial score (nSPS) is 25.2. The summed E-state index contributed by atoms with van der Waals surface area (Å²) in [4.78, 5) is 4.94. The minimum atomic E-state index is 0.563. The Morgan fingerprint density at radius 2 is 2.00 bits per heavy atom. The van der Waals surface area contributed by atoms with Crippen molar-refractivity contribution in [1.29, 1.82) is 0 Å². The van der Waals surface area contributed by atoms with Crippen molar-refractivity contribution < 1.29 is 0 Å². The molecule has 1 heterocycles. The van der Waals surface area contributed by atoms with Gasteiger partial charge in [0.25, 0.3) is 0 Å². The van der Waals surface area contributed by atoms with Crippen LogP contribution < -0.4 is 0 Å². The molecule has 2 nitrogen and oxygen atoms in total. The smallest absolute Gasteiger partial charge is 0.0108 e. The fraction of sp³-hybridized carbons (Fsp3) is 0.900. The molecule has 0 spiro atoms. The summed E-state index contributed by atoms with van der Waals surface area (Å²) in [6.07, 6.45) is 1.31. The summed E-state index contributed by atoms with van der Waals surface area (Å²) in [5, 5.41) is 0. The SMILES string of the molecule is [CH2-]C(C)CN1CCCN(C)CC1. The van der Waals surface area contributed by atoms with E-state index >= 15 is 0 Å². The van der Waals surface area contributed by atoms with Gasteiger partial charge < -0.3 is 16.7 Å². The molecule has 0 N–H and O–H groups in total.